The van der Waals surface area contributed by atoms with E-state index in [4.69, 9.17) is 9.47 Å². The number of carbonyl (C=O) groups is 2. The molecule has 29 heavy (non-hydrogen) atoms. The van der Waals surface area contributed by atoms with Crippen molar-refractivity contribution in [3.05, 3.63) is 54.1 Å². The van der Waals surface area contributed by atoms with Crippen molar-refractivity contribution < 1.29 is 27.5 Å². The summed E-state index contributed by atoms with van der Waals surface area (Å²) in [6.45, 7) is 1.50. The van der Waals surface area contributed by atoms with Crippen LogP contribution in [0.3, 0.4) is 0 Å². The maximum Gasteiger partial charge on any atom is 0.328 e. The normalized spacial score (nSPS) is 15.3. The maximum atomic E-state index is 12.0. The Morgan fingerprint density at radius 1 is 1.10 bits per heavy atom. The Morgan fingerprint density at radius 3 is 2.55 bits per heavy atom. The second-order valence-electron chi connectivity index (χ2n) is 5.93. The Bertz CT molecular complexity index is 1050. The molecule has 0 aliphatic carbocycles. The fourth-order valence-corrected chi connectivity index (χ4v) is 3.84. The predicted octanol–water partition coefficient (Wildman–Crippen LogP) is 1.31. The molecule has 1 heterocycles. The van der Waals surface area contributed by atoms with E-state index in [-0.39, 0.29) is 10.7 Å². The van der Waals surface area contributed by atoms with Crippen LogP contribution >= 0.6 is 0 Å². The minimum absolute atomic E-state index is 0.0661. The highest BCUT2D eigenvalue weighted by molar-refractivity contribution is 7.90. The Balaban J connectivity index is 1.50. The summed E-state index contributed by atoms with van der Waals surface area (Å²) in [5.74, 6) is -0.526. The van der Waals surface area contributed by atoms with Crippen LogP contribution in [0.15, 0.2) is 58.4 Å². The van der Waals surface area contributed by atoms with Crippen LogP contribution in [-0.2, 0) is 24.3 Å². The number of nitrogens with zero attached hydrogens (tertiary/aromatic N) is 1. The summed E-state index contributed by atoms with van der Waals surface area (Å²) in [4.78, 5) is 27.8. The molecule has 0 atom stereocenters. The molecule has 1 aliphatic rings. The zero-order valence-corrected chi connectivity index (χ0v) is 16.4. The third kappa shape index (κ3) is 5.11. The topological polar surface area (TPSA) is 123 Å². The van der Waals surface area contributed by atoms with Crippen molar-refractivity contribution in [3.63, 3.8) is 0 Å². The molecule has 0 bridgehead atoms. The molecule has 10 heteroatoms. The Hall–Kier alpha value is -3.40. The molecule has 1 aliphatic heterocycles. The fraction of sp³-hybridized carbons (Fsp3) is 0.211. The number of ether oxygens (including phenoxy) is 2. The number of carbonyl (C=O) groups excluding carboxylic acids is 2. The molecule has 0 aromatic heterocycles. The molecular formula is C19H19N3O6S. The number of aliphatic imine (C=N–C) groups is 1. The largest absolute Gasteiger partial charge is 0.494 e. The van der Waals surface area contributed by atoms with E-state index in [1.807, 2.05) is 6.92 Å². The highest BCUT2D eigenvalue weighted by atomic mass is 32.2. The van der Waals surface area contributed by atoms with Crippen LogP contribution in [-0.4, -0.2) is 45.9 Å². The van der Waals surface area contributed by atoms with Crippen LogP contribution in [0, 0.1) is 0 Å². The van der Waals surface area contributed by atoms with Gasteiger partial charge in [0, 0.05) is 11.3 Å². The van der Waals surface area contributed by atoms with Crippen molar-refractivity contribution in [1.29, 1.82) is 0 Å². The van der Waals surface area contributed by atoms with Gasteiger partial charge in [-0.15, -0.1) is 0 Å². The average molecular weight is 417 g/mol. The summed E-state index contributed by atoms with van der Waals surface area (Å²) >= 11 is 0. The molecule has 0 radical (unpaired) electrons. The van der Waals surface area contributed by atoms with E-state index in [2.05, 4.69) is 15.0 Å². The fourth-order valence-electron chi connectivity index (χ4n) is 2.58. The first-order valence-electron chi connectivity index (χ1n) is 8.74. The minimum atomic E-state index is -3.68. The maximum absolute atomic E-state index is 12.0. The molecule has 9 nitrogen and oxygen atoms in total. The molecule has 1 amide bonds. The number of rotatable bonds is 7. The standard InChI is InChI=1S/C19H19N3O6S/c1-2-27-14-9-7-13(8-10-14)21-17(23)12-28-18(24)11-20-19-15-5-3-4-6-16(15)29(25,26)22-19/h3-10H,2,11-12H2,1H3,(H,20,22)(H,21,23). The SMILES string of the molecule is CCOc1ccc(NC(=O)COC(=O)CN=C2NS(=O)(=O)c3ccccc32)cc1. The molecular weight excluding hydrogens is 398 g/mol. The molecule has 2 aromatic carbocycles. The summed E-state index contributed by atoms with van der Waals surface area (Å²) in [5, 5.41) is 2.59. The monoisotopic (exact) mass is 417 g/mol. The van der Waals surface area contributed by atoms with Gasteiger partial charge in [-0.1, -0.05) is 12.1 Å². The lowest BCUT2D eigenvalue weighted by Crippen LogP contribution is -2.25. The lowest BCUT2D eigenvalue weighted by Gasteiger charge is -2.07. The summed E-state index contributed by atoms with van der Waals surface area (Å²) < 4.78 is 36.4. The second-order valence-corrected chi connectivity index (χ2v) is 7.58. The summed E-state index contributed by atoms with van der Waals surface area (Å²) in [7, 11) is -3.68. The van der Waals surface area contributed by atoms with Gasteiger partial charge in [-0.2, -0.15) is 0 Å². The van der Waals surface area contributed by atoms with E-state index in [0.717, 1.165) is 0 Å². The molecule has 0 unspecified atom stereocenters. The van der Waals surface area contributed by atoms with Crippen LogP contribution in [0.1, 0.15) is 12.5 Å². The van der Waals surface area contributed by atoms with Crippen molar-refractivity contribution in [2.75, 3.05) is 25.1 Å². The first kappa shape index (κ1) is 20.3. The van der Waals surface area contributed by atoms with Gasteiger partial charge in [-0.05, 0) is 43.3 Å². The van der Waals surface area contributed by atoms with Gasteiger partial charge in [0.05, 0.1) is 11.5 Å². The molecule has 0 saturated carbocycles. The zero-order valence-electron chi connectivity index (χ0n) is 15.5. The molecule has 2 N–H and O–H groups in total. The highest BCUT2D eigenvalue weighted by Gasteiger charge is 2.30. The van der Waals surface area contributed by atoms with Gasteiger partial charge < -0.3 is 14.8 Å². The number of esters is 1. The molecule has 0 spiro atoms. The third-order valence-corrected chi connectivity index (χ3v) is 5.24. The number of amides is 1. The average Bonchev–Trinajstić information content (AvgIpc) is 2.97. The summed E-state index contributed by atoms with van der Waals surface area (Å²) in [6, 6.07) is 13.0. The quantitative estimate of drug-likeness (QED) is 0.655. The molecule has 3 rings (SSSR count). The molecule has 2 aromatic rings. The lowest BCUT2D eigenvalue weighted by atomic mass is 10.2. The van der Waals surface area contributed by atoms with E-state index in [1.54, 1.807) is 42.5 Å². The number of amidine groups is 1. The minimum Gasteiger partial charge on any atom is -0.494 e. The number of sulfonamides is 1. The summed E-state index contributed by atoms with van der Waals surface area (Å²) in [6.07, 6.45) is 0. The van der Waals surface area contributed by atoms with Crippen molar-refractivity contribution in [1.82, 2.24) is 4.72 Å². The van der Waals surface area contributed by atoms with Crippen LogP contribution in [0.25, 0.3) is 0 Å². The van der Waals surface area contributed by atoms with Crippen molar-refractivity contribution in [3.8, 4) is 5.75 Å². The molecule has 0 fully saturated rings. The van der Waals surface area contributed by atoms with Gasteiger partial charge >= 0.3 is 5.97 Å². The number of anilines is 1. The first-order chi connectivity index (χ1) is 13.9. The number of benzene rings is 2. The molecule has 0 saturated heterocycles. The lowest BCUT2D eigenvalue weighted by molar-refractivity contribution is -0.145. The third-order valence-electron chi connectivity index (χ3n) is 3.84. The Labute approximate surface area is 167 Å². The van der Waals surface area contributed by atoms with Crippen molar-refractivity contribution in [2.45, 2.75) is 11.8 Å². The predicted molar refractivity (Wildman–Crippen MR) is 105 cm³/mol. The first-order valence-corrected chi connectivity index (χ1v) is 10.2. The zero-order chi connectivity index (χ0) is 20.9. The van der Waals surface area contributed by atoms with E-state index in [9.17, 15) is 18.0 Å². The summed E-state index contributed by atoms with van der Waals surface area (Å²) in [5.41, 5.74) is 0.917. The van der Waals surface area contributed by atoms with Gasteiger partial charge in [0.1, 0.15) is 18.1 Å². The number of nitrogens with one attached hydrogen (secondary N) is 2. The Kier molecular flexibility index (Phi) is 6.13. The van der Waals surface area contributed by atoms with E-state index < -0.39 is 35.1 Å². The van der Waals surface area contributed by atoms with Crippen LogP contribution in [0.4, 0.5) is 5.69 Å². The van der Waals surface area contributed by atoms with Gasteiger partial charge in [-0.3, -0.25) is 19.3 Å². The highest BCUT2D eigenvalue weighted by Crippen LogP contribution is 2.22. The molecule has 152 valence electrons. The van der Waals surface area contributed by atoms with Gasteiger partial charge in [0.25, 0.3) is 15.9 Å². The van der Waals surface area contributed by atoms with Gasteiger partial charge in [0.15, 0.2) is 6.61 Å². The van der Waals surface area contributed by atoms with E-state index in [1.165, 1.54) is 6.07 Å². The van der Waals surface area contributed by atoms with Gasteiger partial charge in [0.2, 0.25) is 0 Å². The van der Waals surface area contributed by atoms with Crippen LogP contribution in [0.5, 0.6) is 5.75 Å². The van der Waals surface area contributed by atoms with Crippen LogP contribution < -0.4 is 14.8 Å². The van der Waals surface area contributed by atoms with E-state index >= 15 is 0 Å². The number of hydrogen-bond donors (Lipinski definition) is 2. The Morgan fingerprint density at radius 2 is 1.83 bits per heavy atom. The second kappa shape index (κ2) is 8.74. The number of fused-ring (bicyclic) bond motifs is 1. The van der Waals surface area contributed by atoms with Crippen molar-refractivity contribution >= 4 is 33.4 Å². The number of hydrogen-bond acceptors (Lipinski definition) is 7. The van der Waals surface area contributed by atoms with Crippen LogP contribution in [0.2, 0.25) is 0 Å². The van der Waals surface area contributed by atoms with Gasteiger partial charge in [-0.25, -0.2) is 8.42 Å². The van der Waals surface area contributed by atoms with E-state index in [0.29, 0.717) is 23.6 Å². The smallest absolute Gasteiger partial charge is 0.328 e. The van der Waals surface area contributed by atoms with Crippen molar-refractivity contribution in [2.24, 2.45) is 4.99 Å².